The van der Waals surface area contributed by atoms with Gasteiger partial charge in [-0.2, -0.15) is 0 Å². The number of fused-ring (bicyclic) bond motifs is 1. The lowest BCUT2D eigenvalue weighted by Crippen LogP contribution is -2.35. The van der Waals surface area contributed by atoms with Crippen LogP contribution in [0.2, 0.25) is 0 Å². The lowest BCUT2D eigenvalue weighted by Gasteiger charge is -2.35. The van der Waals surface area contributed by atoms with Crippen LogP contribution in [0.3, 0.4) is 0 Å². The fourth-order valence-corrected chi connectivity index (χ4v) is 5.05. The number of anilines is 1. The average Bonchev–Trinajstić information content (AvgIpc) is 3.06. The number of benzene rings is 2. The van der Waals surface area contributed by atoms with Crippen LogP contribution >= 0.6 is 0 Å². The Balaban J connectivity index is 1.61. The molecule has 1 aliphatic heterocycles. The fraction of sp³-hybridized carbons (Fsp3) is 0.381. The van der Waals surface area contributed by atoms with Crippen LogP contribution in [0.5, 0.6) is 0 Å². The Labute approximate surface area is 160 Å². The predicted molar refractivity (Wildman–Crippen MR) is 109 cm³/mol. The zero-order valence-corrected chi connectivity index (χ0v) is 16.6. The molecule has 3 aromatic rings. The molecule has 5 nitrogen and oxygen atoms in total. The van der Waals surface area contributed by atoms with E-state index in [2.05, 4.69) is 34.6 Å². The third kappa shape index (κ3) is 3.34. The van der Waals surface area contributed by atoms with Crippen molar-refractivity contribution in [1.29, 1.82) is 0 Å². The van der Waals surface area contributed by atoms with Gasteiger partial charge in [-0.3, -0.25) is 0 Å². The number of rotatable bonds is 4. The Morgan fingerprint density at radius 2 is 1.70 bits per heavy atom. The van der Waals surface area contributed by atoms with Crippen LogP contribution in [-0.4, -0.2) is 37.3 Å². The van der Waals surface area contributed by atoms with Crippen molar-refractivity contribution in [2.75, 3.05) is 24.2 Å². The largest absolute Gasteiger partial charge is 0.370 e. The number of aromatic nitrogens is 2. The first kappa shape index (κ1) is 18.0. The van der Waals surface area contributed by atoms with Crippen molar-refractivity contribution in [3.63, 3.8) is 0 Å². The molecule has 0 aliphatic carbocycles. The quantitative estimate of drug-likeness (QED) is 0.687. The molecule has 0 radical (unpaired) electrons. The van der Waals surface area contributed by atoms with E-state index in [1.165, 1.54) is 11.8 Å². The third-order valence-electron chi connectivity index (χ3n) is 5.42. The highest BCUT2D eigenvalue weighted by Gasteiger charge is 2.26. The van der Waals surface area contributed by atoms with Crippen LogP contribution in [0.25, 0.3) is 11.0 Å². The van der Waals surface area contributed by atoms with E-state index in [9.17, 15) is 8.42 Å². The molecule has 0 saturated carbocycles. The summed E-state index contributed by atoms with van der Waals surface area (Å²) in [4.78, 5) is 7.43. The molecule has 142 valence electrons. The highest BCUT2D eigenvalue weighted by Crippen LogP contribution is 2.33. The summed E-state index contributed by atoms with van der Waals surface area (Å²) in [6.07, 6.45) is 4.15. The molecule has 2 heterocycles. The molecule has 1 aliphatic rings. The molecule has 0 atom stereocenters. The van der Waals surface area contributed by atoms with Gasteiger partial charge < -0.3 is 9.47 Å². The summed E-state index contributed by atoms with van der Waals surface area (Å²) in [6, 6.07) is 16.0. The van der Waals surface area contributed by atoms with Crippen LogP contribution in [0.1, 0.15) is 31.6 Å². The number of imidazole rings is 1. The molecule has 6 heteroatoms. The van der Waals surface area contributed by atoms with E-state index in [1.807, 2.05) is 18.2 Å². The lowest BCUT2D eigenvalue weighted by molar-refractivity contribution is 0.394. The number of aryl methyl sites for hydroxylation is 1. The van der Waals surface area contributed by atoms with Gasteiger partial charge in [-0.15, -0.1) is 0 Å². The summed E-state index contributed by atoms with van der Waals surface area (Å²) in [5.41, 5.74) is 3.08. The Kier molecular flexibility index (Phi) is 4.68. The van der Waals surface area contributed by atoms with E-state index in [0.717, 1.165) is 49.4 Å². The fourth-order valence-electron chi connectivity index (χ4n) is 4.15. The molecule has 0 amide bonds. The first-order chi connectivity index (χ1) is 13.0. The van der Waals surface area contributed by atoms with Crippen molar-refractivity contribution in [2.24, 2.45) is 0 Å². The standard InChI is InChI=1S/C21H25N3O2S/c1-3-21-22-17-8-4-5-9-18(17)24(21)16-12-14-23(15-13-16)19-10-6-7-11-20(19)27(2,25)26/h4-11,16H,3,12-15H2,1-2H3. The molecule has 1 aromatic heterocycles. The second-order valence-corrected chi connectivity index (χ2v) is 9.18. The molecule has 4 rings (SSSR count). The maximum Gasteiger partial charge on any atom is 0.177 e. The van der Waals surface area contributed by atoms with Crippen molar-refractivity contribution in [1.82, 2.24) is 9.55 Å². The molecular formula is C21H25N3O2S. The molecule has 0 unspecified atom stereocenters. The Bertz CT molecular complexity index is 1060. The van der Waals surface area contributed by atoms with Crippen molar-refractivity contribution < 1.29 is 8.42 Å². The Morgan fingerprint density at radius 3 is 2.41 bits per heavy atom. The summed E-state index contributed by atoms with van der Waals surface area (Å²) in [5, 5.41) is 0. The minimum atomic E-state index is -3.24. The summed E-state index contributed by atoms with van der Waals surface area (Å²) >= 11 is 0. The monoisotopic (exact) mass is 383 g/mol. The van der Waals surface area contributed by atoms with Gasteiger partial charge in [-0.25, -0.2) is 13.4 Å². The Morgan fingerprint density at radius 1 is 1.04 bits per heavy atom. The van der Waals surface area contributed by atoms with Crippen LogP contribution in [-0.2, 0) is 16.3 Å². The number of nitrogens with zero attached hydrogens (tertiary/aromatic N) is 3. The van der Waals surface area contributed by atoms with Gasteiger partial charge in [0, 0.05) is 31.8 Å². The van der Waals surface area contributed by atoms with Crippen LogP contribution in [0.4, 0.5) is 5.69 Å². The summed E-state index contributed by atoms with van der Waals surface area (Å²) in [6.45, 7) is 3.83. The SMILES string of the molecule is CCc1nc2ccccc2n1C1CCN(c2ccccc2S(C)(=O)=O)CC1. The first-order valence-electron chi connectivity index (χ1n) is 9.49. The van der Waals surface area contributed by atoms with Crippen molar-refractivity contribution in [2.45, 2.75) is 37.1 Å². The number of piperidine rings is 1. The van der Waals surface area contributed by atoms with Gasteiger partial charge in [0.05, 0.1) is 21.6 Å². The molecule has 1 saturated heterocycles. The number of sulfone groups is 1. The van der Waals surface area contributed by atoms with Crippen LogP contribution in [0.15, 0.2) is 53.4 Å². The van der Waals surface area contributed by atoms with E-state index >= 15 is 0 Å². The zero-order chi connectivity index (χ0) is 19.0. The lowest BCUT2D eigenvalue weighted by atomic mass is 10.0. The zero-order valence-electron chi connectivity index (χ0n) is 15.8. The van der Waals surface area contributed by atoms with E-state index in [0.29, 0.717) is 10.9 Å². The molecule has 1 fully saturated rings. The molecule has 0 bridgehead atoms. The first-order valence-corrected chi connectivity index (χ1v) is 11.4. The summed E-state index contributed by atoms with van der Waals surface area (Å²) in [5.74, 6) is 1.13. The van der Waals surface area contributed by atoms with Gasteiger partial charge in [0.2, 0.25) is 0 Å². The molecule has 0 spiro atoms. The van der Waals surface area contributed by atoms with Crippen LogP contribution < -0.4 is 4.90 Å². The number of hydrogen-bond donors (Lipinski definition) is 0. The van der Waals surface area contributed by atoms with Crippen molar-refractivity contribution in [3.8, 4) is 0 Å². The van der Waals surface area contributed by atoms with Gasteiger partial charge in [0.25, 0.3) is 0 Å². The maximum absolute atomic E-state index is 12.1. The summed E-state index contributed by atoms with van der Waals surface area (Å²) < 4.78 is 26.7. The molecule has 27 heavy (non-hydrogen) atoms. The van der Waals surface area contributed by atoms with Gasteiger partial charge in [-0.1, -0.05) is 31.2 Å². The normalized spacial score (nSPS) is 16.1. The Hall–Kier alpha value is -2.34. The van der Waals surface area contributed by atoms with Gasteiger partial charge in [-0.05, 0) is 37.1 Å². The highest BCUT2D eigenvalue weighted by atomic mass is 32.2. The number of para-hydroxylation sites is 3. The van der Waals surface area contributed by atoms with E-state index in [4.69, 9.17) is 4.98 Å². The van der Waals surface area contributed by atoms with Crippen LogP contribution in [0, 0.1) is 0 Å². The minimum absolute atomic E-state index is 0.397. The van der Waals surface area contributed by atoms with E-state index in [1.54, 1.807) is 12.1 Å². The van der Waals surface area contributed by atoms with Gasteiger partial charge in [0.1, 0.15) is 5.82 Å². The van der Waals surface area contributed by atoms with Gasteiger partial charge >= 0.3 is 0 Å². The summed E-state index contributed by atoms with van der Waals surface area (Å²) in [7, 11) is -3.24. The smallest absolute Gasteiger partial charge is 0.177 e. The van der Waals surface area contributed by atoms with Gasteiger partial charge in [0.15, 0.2) is 9.84 Å². The minimum Gasteiger partial charge on any atom is -0.370 e. The molecule has 2 aromatic carbocycles. The van der Waals surface area contributed by atoms with E-state index in [-0.39, 0.29) is 0 Å². The maximum atomic E-state index is 12.1. The third-order valence-corrected chi connectivity index (χ3v) is 6.56. The predicted octanol–water partition coefficient (Wildman–Crippen LogP) is 3.84. The molecule has 0 N–H and O–H groups in total. The van der Waals surface area contributed by atoms with E-state index < -0.39 is 9.84 Å². The second-order valence-electron chi connectivity index (χ2n) is 7.20. The number of hydrogen-bond acceptors (Lipinski definition) is 4. The van der Waals surface area contributed by atoms with Crippen molar-refractivity contribution in [3.05, 3.63) is 54.4 Å². The average molecular weight is 384 g/mol. The topological polar surface area (TPSA) is 55.2 Å². The molecular weight excluding hydrogens is 358 g/mol. The second kappa shape index (κ2) is 7.00. The highest BCUT2D eigenvalue weighted by molar-refractivity contribution is 7.90. The van der Waals surface area contributed by atoms with Crippen molar-refractivity contribution >= 4 is 26.6 Å².